The van der Waals surface area contributed by atoms with Gasteiger partial charge in [0.05, 0.1) is 6.10 Å². The summed E-state index contributed by atoms with van der Waals surface area (Å²) in [6.45, 7) is 6.11. The molecule has 1 N–H and O–H groups in total. The van der Waals surface area contributed by atoms with Crippen molar-refractivity contribution in [1.29, 1.82) is 0 Å². The molecule has 0 radical (unpaired) electrons. The third-order valence-electron chi connectivity index (χ3n) is 3.32. The number of hydrogen-bond donors (Lipinski definition) is 1. The van der Waals surface area contributed by atoms with Crippen LogP contribution in [0.3, 0.4) is 0 Å². The largest absolute Gasteiger partial charge is 0.378 e. The Morgan fingerprint density at radius 3 is 3.06 bits per heavy atom. The third-order valence-corrected chi connectivity index (χ3v) is 3.63. The molecule has 4 nitrogen and oxygen atoms in total. The van der Waals surface area contributed by atoms with E-state index >= 15 is 0 Å². The van der Waals surface area contributed by atoms with Crippen LogP contribution in [0.2, 0.25) is 0 Å². The molecule has 0 bridgehead atoms. The van der Waals surface area contributed by atoms with Gasteiger partial charge in [0.2, 0.25) is 0 Å². The molecule has 0 saturated carbocycles. The Hall–Kier alpha value is -0.680. The van der Waals surface area contributed by atoms with Crippen LogP contribution in [0.25, 0.3) is 0 Å². The Morgan fingerprint density at radius 1 is 1.56 bits per heavy atom. The fraction of sp³-hybridized carbons (Fsp3) is 0.818. The normalized spacial score (nSPS) is 25.1. The average molecular weight is 241 g/mol. The Balaban J connectivity index is 2.13. The van der Waals surface area contributed by atoms with Crippen LogP contribution in [-0.2, 0) is 17.7 Å². The van der Waals surface area contributed by atoms with Crippen LogP contribution in [0.5, 0.6) is 0 Å². The van der Waals surface area contributed by atoms with E-state index in [0.29, 0.717) is 12.0 Å². The van der Waals surface area contributed by atoms with Gasteiger partial charge < -0.3 is 9.30 Å². The van der Waals surface area contributed by atoms with E-state index in [-0.39, 0.29) is 0 Å². The minimum Gasteiger partial charge on any atom is -0.378 e. The number of nitrogens with zero attached hydrogens (tertiary/aromatic N) is 2. The number of H-pyrrole nitrogens is 1. The van der Waals surface area contributed by atoms with Crippen LogP contribution in [0.1, 0.15) is 32.5 Å². The topological polar surface area (TPSA) is 42.8 Å². The second kappa shape index (κ2) is 5.10. The molecule has 0 aliphatic carbocycles. The highest BCUT2D eigenvalue weighted by Crippen LogP contribution is 2.25. The van der Waals surface area contributed by atoms with Gasteiger partial charge in [-0.25, -0.2) is 0 Å². The standard InChI is InChI=1S/C11H19N3OS/c1-3-9-8(5-6-15-9)7-14-10(4-2)12-13-11(14)16/h8-9H,3-7H2,1-2H3,(H,13,16). The molecule has 2 unspecified atom stereocenters. The van der Waals surface area contributed by atoms with Crippen molar-refractivity contribution in [2.75, 3.05) is 6.61 Å². The minimum atomic E-state index is 0.390. The number of ether oxygens (including phenoxy) is 1. The van der Waals surface area contributed by atoms with Crippen LogP contribution in [-0.4, -0.2) is 27.5 Å². The summed E-state index contributed by atoms with van der Waals surface area (Å²) in [5.74, 6) is 1.63. The molecule has 1 saturated heterocycles. The number of hydrogen-bond acceptors (Lipinski definition) is 3. The molecule has 0 spiro atoms. The fourth-order valence-electron chi connectivity index (χ4n) is 2.40. The van der Waals surface area contributed by atoms with Crippen molar-refractivity contribution < 1.29 is 4.74 Å². The lowest BCUT2D eigenvalue weighted by atomic mass is 9.99. The van der Waals surface area contributed by atoms with E-state index in [0.717, 1.165) is 43.0 Å². The van der Waals surface area contributed by atoms with E-state index in [2.05, 4.69) is 28.6 Å². The summed E-state index contributed by atoms with van der Waals surface area (Å²) in [5, 5.41) is 7.10. The van der Waals surface area contributed by atoms with Gasteiger partial charge in [-0.3, -0.25) is 5.10 Å². The molecule has 2 atom stereocenters. The Morgan fingerprint density at radius 2 is 2.38 bits per heavy atom. The molecule has 0 aromatic carbocycles. The van der Waals surface area contributed by atoms with Crippen molar-refractivity contribution >= 4 is 12.2 Å². The van der Waals surface area contributed by atoms with Gasteiger partial charge in [-0.2, -0.15) is 5.10 Å². The highest BCUT2D eigenvalue weighted by atomic mass is 32.1. The van der Waals surface area contributed by atoms with Gasteiger partial charge in [0.1, 0.15) is 5.82 Å². The monoisotopic (exact) mass is 241 g/mol. The molecule has 0 amide bonds. The number of aromatic nitrogens is 3. The molecule has 5 heteroatoms. The number of aromatic amines is 1. The lowest BCUT2D eigenvalue weighted by Gasteiger charge is -2.17. The summed E-state index contributed by atoms with van der Waals surface area (Å²) in [6, 6.07) is 0. The van der Waals surface area contributed by atoms with Gasteiger partial charge in [-0.1, -0.05) is 13.8 Å². The van der Waals surface area contributed by atoms with Crippen LogP contribution in [0.15, 0.2) is 0 Å². The molecule has 2 rings (SSSR count). The lowest BCUT2D eigenvalue weighted by Crippen LogP contribution is -2.21. The van der Waals surface area contributed by atoms with Crippen LogP contribution >= 0.6 is 12.2 Å². The maximum Gasteiger partial charge on any atom is 0.195 e. The Labute approximate surface area is 101 Å². The summed E-state index contributed by atoms with van der Waals surface area (Å²) in [4.78, 5) is 0. The van der Waals surface area contributed by atoms with E-state index in [1.807, 2.05) is 0 Å². The second-order valence-corrected chi connectivity index (χ2v) is 4.66. The predicted octanol–water partition coefficient (Wildman–Crippen LogP) is 2.32. The van der Waals surface area contributed by atoms with Gasteiger partial charge in [0.15, 0.2) is 4.77 Å². The van der Waals surface area contributed by atoms with Gasteiger partial charge in [0, 0.05) is 25.5 Å². The molecular weight excluding hydrogens is 222 g/mol. The van der Waals surface area contributed by atoms with Crippen molar-refractivity contribution in [2.45, 2.75) is 45.8 Å². The summed E-state index contributed by atoms with van der Waals surface area (Å²) in [7, 11) is 0. The second-order valence-electron chi connectivity index (χ2n) is 4.28. The predicted molar refractivity (Wildman–Crippen MR) is 64.9 cm³/mol. The van der Waals surface area contributed by atoms with Gasteiger partial charge >= 0.3 is 0 Å². The molecule has 1 aliphatic heterocycles. The van der Waals surface area contributed by atoms with Crippen LogP contribution in [0, 0.1) is 10.7 Å². The summed E-state index contributed by atoms with van der Waals surface area (Å²) < 4.78 is 8.56. The third kappa shape index (κ3) is 2.20. The van der Waals surface area contributed by atoms with E-state index in [9.17, 15) is 0 Å². The summed E-state index contributed by atoms with van der Waals surface area (Å²) in [5.41, 5.74) is 0. The maximum atomic E-state index is 5.70. The van der Waals surface area contributed by atoms with Crippen molar-refractivity contribution in [2.24, 2.45) is 5.92 Å². The molecular formula is C11H19N3OS. The van der Waals surface area contributed by atoms with Crippen molar-refractivity contribution in [3.05, 3.63) is 10.6 Å². The quantitative estimate of drug-likeness (QED) is 0.823. The highest BCUT2D eigenvalue weighted by molar-refractivity contribution is 7.71. The molecule has 90 valence electrons. The maximum absolute atomic E-state index is 5.70. The van der Waals surface area contributed by atoms with Gasteiger partial charge in [-0.05, 0) is 25.1 Å². The van der Waals surface area contributed by atoms with Gasteiger partial charge in [-0.15, -0.1) is 0 Å². The fourth-order valence-corrected chi connectivity index (χ4v) is 2.62. The highest BCUT2D eigenvalue weighted by Gasteiger charge is 2.27. The first-order chi connectivity index (χ1) is 7.76. The first-order valence-electron chi connectivity index (χ1n) is 6.02. The van der Waals surface area contributed by atoms with E-state index < -0.39 is 0 Å². The minimum absolute atomic E-state index is 0.390. The van der Waals surface area contributed by atoms with Crippen LogP contribution < -0.4 is 0 Å². The number of aryl methyl sites for hydroxylation is 1. The average Bonchev–Trinajstić information content (AvgIpc) is 2.87. The van der Waals surface area contributed by atoms with Crippen molar-refractivity contribution in [1.82, 2.24) is 14.8 Å². The van der Waals surface area contributed by atoms with Crippen molar-refractivity contribution in [3.8, 4) is 0 Å². The lowest BCUT2D eigenvalue weighted by molar-refractivity contribution is 0.0832. The molecule has 16 heavy (non-hydrogen) atoms. The zero-order valence-electron chi connectivity index (χ0n) is 9.90. The zero-order valence-corrected chi connectivity index (χ0v) is 10.7. The first kappa shape index (κ1) is 11.8. The summed E-state index contributed by atoms with van der Waals surface area (Å²) >= 11 is 5.25. The van der Waals surface area contributed by atoms with Gasteiger partial charge in [0.25, 0.3) is 0 Å². The van der Waals surface area contributed by atoms with E-state index in [1.54, 1.807) is 0 Å². The molecule has 1 fully saturated rings. The molecule has 2 heterocycles. The molecule has 1 aliphatic rings. The van der Waals surface area contributed by atoms with E-state index in [1.165, 1.54) is 0 Å². The first-order valence-corrected chi connectivity index (χ1v) is 6.42. The summed E-state index contributed by atoms with van der Waals surface area (Å²) in [6.07, 6.45) is 3.52. The molecule has 1 aromatic rings. The smallest absolute Gasteiger partial charge is 0.195 e. The Bertz CT molecular complexity index is 398. The van der Waals surface area contributed by atoms with E-state index in [4.69, 9.17) is 17.0 Å². The van der Waals surface area contributed by atoms with Crippen LogP contribution in [0.4, 0.5) is 0 Å². The zero-order chi connectivity index (χ0) is 11.5. The van der Waals surface area contributed by atoms with Crippen molar-refractivity contribution in [3.63, 3.8) is 0 Å². The number of nitrogens with one attached hydrogen (secondary N) is 1. The SMILES string of the molecule is CCc1n[nH]c(=S)n1CC1CCOC1CC. The number of rotatable bonds is 4. The molecule has 1 aromatic heterocycles. The Kier molecular flexibility index (Phi) is 3.76.